The van der Waals surface area contributed by atoms with E-state index in [0.29, 0.717) is 11.7 Å². The van der Waals surface area contributed by atoms with Gasteiger partial charge in [0.1, 0.15) is 0 Å². The summed E-state index contributed by atoms with van der Waals surface area (Å²) < 4.78 is 1.81. The third kappa shape index (κ3) is 2.16. The minimum atomic E-state index is 0.193. The number of hydrogen-bond donors (Lipinski definition) is 0. The van der Waals surface area contributed by atoms with Crippen LogP contribution in [0.2, 0.25) is 0 Å². The van der Waals surface area contributed by atoms with Crippen LogP contribution in [0, 0.1) is 0 Å². The Hall–Kier alpha value is -0.610. The largest absolute Gasteiger partial charge is 0.273 e. The summed E-state index contributed by atoms with van der Waals surface area (Å²) in [6.45, 7) is 4.30. The Kier molecular flexibility index (Phi) is 3.26. The van der Waals surface area contributed by atoms with E-state index in [1.807, 2.05) is 18.2 Å². The van der Waals surface area contributed by atoms with E-state index in [4.69, 9.17) is 0 Å². The fourth-order valence-corrected chi connectivity index (χ4v) is 3.70. The van der Waals surface area contributed by atoms with Crippen molar-refractivity contribution in [1.82, 2.24) is 0 Å². The zero-order chi connectivity index (χ0) is 10.8. The van der Waals surface area contributed by atoms with Crippen LogP contribution in [0.3, 0.4) is 0 Å². The fraction of sp³-hybridized carbons (Fsp3) is 0.364. The maximum absolute atomic E-state index is 11.6. The smallest absolute Gasteiger partial charge is 0.248 e. The zero-order valence-corrected chi connectivity index (χ0v) is 10.4. The van der Waals surface area contributed by atoms with Gasteiger partial charge < -0.3 is 0 Å². The summed E-state index contributed by atoms with van der Waals surface area (Å²) >= 11 is 0. The molecule has 1 aromatic rings. The van der Waals surface area contributed by atoms with Crippen LogP contribution in [-0.4, -0.2) is 11.7 Å². The lowest BCUT2D eigenvalue weighted by molar-refractivity contribution is -0.114. The highest BCUT2D eigenvalue weighted by atomic mass is 33.1. The summed E-state index contributed by atoms with van der Waals surface area (Å²) in [5.74, 6) is 1.22. The number of anilines is 1. The van der Waals surface area contributed by atoms with Gasteiger partial charge in [-0.1, -0.05) is 42.8 Å². The van der Waals surface area contributed by atoms with Crippen molar-refractivity contribution >= 4 is 33.4 Å². The highest BCUT2D eigenvalue weighted by molar-refractivity contribution is 8.78. The Morgan fingerprint density at radius 2 is 2.07 bits per heavy atom. The second-order valence-corrected chi connectivity index (χ2v) is 5.93. The third-order valence-electron chi connectivity index (χ3n) is 2.31. The number of amides is 1. The topological polar surface area (TPSA) is 20.3 Å². The van der Waals surface area contributed by atoms with E-state index in [1.165, 1.54) is 16.5 Å². The van der Waals surface area contributed by atoms with Crippen LogP contribution in [0.4, 0.5) is 5.69 Å². The van der Waals surface area contributed by atoms with Crippen molar-refractivity contribution in [2.75, 3.05) is 10.1 Å². The van der Waals surface area contributed by atoms with Crippen molar-refractivity contribution in [3.8, 4) is 0 Å². The number of carbonyl (C=O) groups is 1. The van der Waals surface area contributed by atoms with Crippen LogP contribution in [0.1, 0.15) is 25.3 Å². The summed E-state index contributed by atoms with van der Waals surface area (Å²) in [6, 6.07) is 8.12. The monoisotopic (exact) mass is 239 g/mol. The van der Waals surface area contributed by atoms with Gasteiger partial charge in [0.15, 0.2) is 0 Å². The van der Waals surface area contributed by atoms with Gasteiger partial charge in [-0.2, -0.15) is 0 Å². The van der Waals surface area contributed by atoms with Gasteiger partial charge in [0.25, 0.3) is 0 Å². The molecule has 1 aliphatic heterocycles. The molecule has 15 heavy (non-hydrogen) atoms. The predicted octanol–water partition coefficient (Wildman–Crippen LogP) is 3.45. The molecule has 0 aromatic heterocycles. The minimum Gasteiger partial charge on any atom is -0.273 e. The van der Waals surface area contributed by atoms with E-state index in [9.17, 15) is 4.79 Å². The average Bonchev–Trinajstić information content (AvgIpc) is 2.64. The second kappa shape index (κ2) is 4.49. The standard InChI is InChI=1S/C11H13NOS2/c1-8(2)9-5-3-4-6-10(9)12-11(13)7-14-15-12/h3-6,8H,7H2,1-2H3. The maximum atomic E-state index is 11.6. The molecule has 0 spiro atoms. The van der Waals surface area contributed by atoms with E-state index < -0.39 is 0 Å². The molecule has 0 aliphatic carbocycles. The number of carbonyl (C=O) groups excluding carboxylic acids is 1. The SMILES string of the molecule is CC(C)c1ccccc1N1SSCC1=O. The van der Waals surface area contributed by atoms with Crippen LogP contribution in [0.5, 0.6) is 0 Å². The highest BCUT2D eigenvalue weighted by Gasteiger charge is 2.26. The maximum Gasteiger partial charge on any atom is 0.248 e. The Bertz CT molecular complexity index is 379. The summed E-state index contributed by atoms with van der Waals surface area (Å²) in [7, 11) is 3.13. The van der Waals surface area contributed by atoms with Gasteiger partial charge in [-0.25, -0.2) is 4.31 Å². The van der Waals surface area contributed by atoms with Crippen molar-refractivity contribution in [2.45, 2.75) is 19.8 Å². The number of benzene rings is 1. The van der Waals surface area contributed by atoms with Gasteiger partial charge in [0, 0.05) is 11.0 Å². The lowest BCUT2D eigenvalue weighted by Gasteiger charge is -2.19. The summed E-state index contributed by atoms with van der Waals surface area (Å²) in [5.41, 5.74) is 2.29. The van der Waals surface area contributed by atoms with E-state index in [0.717, 1.165) is 5.69 Å². The molecule has 1 aliphatic rings. The van der Waals surface area contributed by atoms with Gasteiger partial charge in [-0.3, -0.25) is 4.79 Å². The van der Waals surface area contributed by atoms with Crippen molar-refractivity contribution in [2.24, 2.45) is 0 Å². The predicted molar refractivity (Wildman–Crippen MR) is 68.1 cm³/mol. The quantitative estimate of drug-likeness (QED) is 0.582. The van der Waals surface area contributed by atoms with Gasteiger partial charge in [0.2, 0.25) is 5.91 Å². The van der Waals surface area contributed by atoms with Gasteiger partial charge in [0.05, 0.1) is 11.4 Å². The molecule has 0 atom stereocenters. The van der Waals surface area contributed by atoms with Crippen molar-refractivity contribution in [3.63, 3.8) is 0 Å². The average molecular weight is 239 g/mol. The fourth-order valence-electron chi connectivity index (χ4n) is 1.56. The molecule has 1 amide bonds. The molecular formula is C11H13NOS2. The van der Waals surface area contributed by atoms with Gasteiger partial charge in [-0.15, -0.1) is 0 Å². The van der Waals surface area contributed by atoms with Crippen molar-refractivity contribution < 1.29 is 4.79 Å². The second-order valence-electron chi connectivity index (χ2n) is 3.74. The summed E-state index contributed by atoms with van der Waals surface area (Å²) in [6.07, 6.45) is 0. The molecule has 0 radical (unpaired) electrons. The number of rotatable bonds is 2. The molecule has 2 rings (SSSR count). The molecule has 0 bridgehead atoms. The van der Waals surface area contributed by atoms with E-state index in [1.54, 1.807) is 15.1 Å². The Morgan fingerprint density at radius 1 is 1.33 bits per heavy atom. The molecule has 4 heteroatoms. The Labute approximate surface area is 98.0 Å². The number of nitrogens with zero attached hydrogens (tertiary/aromatic N) is 1. The Balaban J connectivity index is 2.38. The molecule has 1 aromatic carbocycles. The van der Waals surface area contributed by atoms with Crippen LogP contribution in [-0.2, 0) is 4.79 Å². The lowest BCUT2D eigenvalue weighted by Crippen LogP contribution is -2.20. The zero-order valence-electron chi connectivity index (χ0n) is 8.77. The molecule has 1 fully saturated rings. The lowest BCUT2D eigenvalue weighted by atomic mass is 10.0. The molecular weight excluding hydrogens is 226 g/mol. The molecule has 1 saturated heterocycles. The summed E-state index contributed by atoms with van der Waals surface area (Å²) in [4.78, 5) is 11.6. The van der Waals surface area contributed by atoms with Crippen LogP contribution in [0.25, 0.3) is 0 Å². The highest BCUT2D eigenvalue weighted by Crippen LogP contribution is 2.41. The van der Waals surface area contributed by atoms with E-state index in [2.05, 4.69) is 19.9 Å². The first-order chi connectivity index (χ1) is 7.20. The van der Waals surface area contributed by atoms with E-state index in [-0.39, 0.29) is 5.91 Å². The molecule has 80 valence electrons. The molecule has 0 unspecified atom stereocenters. The Morgan fingerprint density at radius 3 is 2.67 bits per heavy atom. The third-order valence-corrected chi connectivity index (χ3v) is 4.45. The van der Waals surface area contributed by atoms with Crippen LogP contribution < -0.4 is 4.31 Å². The van der Waals surface area contributed by atoms with Crippen LogP contribution in [0.15, 0.2) is 24.3 Å². The van der Waals surface area contributed by atoms with Gasteiger partial charge >= 0.3 is 0 Å². The van der Waals surface area contributed by atoms with Gasteiger partial charge in [-0.05, 0) is 17.5 Å². The number of para-hydroxylation sites is 1. The number of hydrogen-bond acceptors (Lipinski definition) is 3. The first-order valence-electron chi connectivity index (χ1n) is 4.91. The molecule has 2 nitrogen and oxygen atoms in total. The summed E-state index contributed by atoms with van der Waals surface area (Å²) in [5, 5.41) is 0. The molecule has 0 N–H and O–H groups in total. The first kappa shape index (κ1) is 10.9. The van der Waals surface area contributed by atoms with Crippen LogP contribution >= 0.6 is 21.8 Å². The van der Waals surface area contributed by atoms with Crippen molar-refractivity contribution in [1.29, 1.82) is 0 Å². The molecule has 0 saturated carbocycles. The normalized spacial score (nSPS) is 16.5. The van der Waals surface area contributed by atoms with Crippen molar-refractivity contribution in [3.05, 3.63) is 29.8 Å². The first-order valence-corrected chi connectivity index (χ1v) is 7.19. The molecule has 1 heterocycles. The van der Waals surface area contributed by atoms with E-state index >= 15 is 0 Å². The minimum absolute atomic E-state index is 0.193.